The van der Waals surface area contributed by atoms with Gasteiger partial charge >= 0.3 is 12.2 Å². The minimum atomic E-state index is -4.48. The van der Waals surface area contributed by atoms with Gasteiger partial charge in [0, 0.05) is 31.9 Å². The topological polar surface area (TPSA) is 75.2 Å². The molecule has 2 aromatic heterocycles. The number of rotatable bonds is 5. The van der Waals surface area contributed by atoms with Gasteiger partial charge in [-0.3, -0.25) is 10.3 Å². The molecule has 0 fully saturated rings. The Morgan fingerprint density at radius 1 is 1.23 bits per heavy atom. The summed E-state index contributed by atoms with van der Waals surface area (Å²) in [5, 5.41) is 2.98. The van der Waals surface area contributed by atoms with Crippen molar-refractivity contribution in [3.63, 3.8) is 0 Å². The Hall–Kier alpha value is -2.94. The number of Topliss-reactive ketones (excluding diaryl/α,β-unsaturated/α-hetero) is 1. The van der Waals surface area contributed by atoms with Crippen LogP contribution >= 0.6 is 11.6 Å². The van der Waals surface area contributed by atoms with Gasteiger partial charge in [-0.25, -0.2) is 9.78 Å². The van der Waals surface area contributed by atoms with Crippen molar-refractivity contribution < 1.29 is 22.8 Å². The zero-order valence-electron chi connectivity index (χ0n) is 16.7. The van der Waals surface area contributed by atoms with E-state index in [9.17, 15) is 22.8 Å². The van der Waals surface area contributed by atoms with Gasteiger partial charge in [-0.05, 0) is 49.1 Å². The Morgan fingerprint density at radius 3 is 2.55 bits per heavy atom. The van der Waals surface area contributed by atoms with E-state index in [1.165, 1.54) is 11.8 Å². The van der Waals surface area contributed by atoms with Gasteiger partial charge in [0.1, 0.15) is 11.6 Å². The van der Waals surface area contributed by atoms with E-state index < -0.39 is 17.8 Å². The summed E-state index contributed by atoms with van der Waals surface area (Å²) in [6, 6.07) is 3.32. The number of aromatic nitrogens is 2. The van der Waals surface area contributed by atoms with Crippen LogP contribution in [-0.2, 0) is 17.4 Å². The Morgan fingerprint density at radius 2 is 2.00 bits per heavy atom. The zero-order chi connectivity index (χ0) is 22.6. The fourth-order valence-corrected chi connectivity index (χ4v) is 3.37. The molecular weight excluding hydrogens is 433 g/mol. The first-order valence-corrected chi connectivity index (χ1v) is 9.93. The molecule has 0 saturated heterocycles. The lowest BCUT2D eigenvalue weighted by molar-refractivity contribution is -0.137. The van der Waals surface area contributed by atoms with Crippen LogP contribution in [0.3, 0.4) is 0 Å². The summed E-state index contributed by atoms with van der Waals surface area (Å²) in [5.74, 6) is 0.138. The van der Waals surface area contributed by atoms with E-state index in [4.69, 9.17) is 11.6 Å². The van der Waals surface area contributed by atoms with Gasteiger partial charge in [0.15, 0.2) is 0 Å². The molecule has 2 amide bonds. The quantitative estimate of drug-likeness (QED) is 0.693. The number of pyridine rings is 2. The number of hydrogen-bond acceptors (Lipinski definition) is 4. The molecule has 0 aromatic carbocycles. The van der Waals surface area contributed by atoms with Crippen LogP contribution in [0.15, 0.2) is 36.7 Å². The van der Waals surface area contributed by atoms with Crippen LogP contribution in [0.25, 0.3) is 5.57 Å². The number of carbonyl (C=O) groups is 2. The smallest absolute Gasteiger partial charge is 0.320 e. The second-order valence-corrected chi connectivity index (χ2v) is 7.57. The fraction of sp³-hybridized carbons (Fsp3) is 0.333. The van der Waals surface area contributed by atoms with Gasteiger partial charge in [-0.1, -0.05) is 17.7 Å². The number of urea groups is 1. The highest BCUT2D eigenvalue weighted by Crippen LogP contribution is 2.30. The van der Waals surface area contributed by atoms with Crippen molar-refractivity contribution in [2.75, 3.05) is 18.4 Å². The second-order valence-electron chi connectivity index (χ2n) is 7.16. The molecule has 0 radical (unpaired) electrons. The molecule has 1 aliphatic rings. The van der Waals surface area contributed by atoms with Gasteiger partial charge in [0.25, 0.3) is 0 Å². The number of nitrogens with one attached hydrogen (secondary N) is 1. The summed E-state index contributed by atoms with van der Waals surface area (Å²) < 4.78 is 37.8. The maximum Gasteiger partial charge on any atom is 0.417 e. The SMILES string of the molecule is CC(=O)CCc1cnc(C2=CCN(C(=O)Nc3ccc(C(F)(F)F)cn3)CC2)c(Cl)c1. The highest BCUT2D eigenvalue weighted by Gasteiger charge is 2.30. The number of aryl methyl sites for hydroxylation is 1. The minimum absolute atomic E-state index is 0.0404. The molecule has 3 rings (SSSR count). The first-order chi connectivity index (χ1) is 14.6. The van der Waals surface area contributed by atoms with Crippen LogP contribution in [-0.4, -0.2) is 39.8 Å². The third kappa shape index (κ3) is 6.04. The number of ketones is 1. The summed E-state index contributed by atoms with van der Waals surface area (Å²) in [5.41, 5.74) is 1.54. The summed E-state index contributed by atoms with van der Waals surface area (Å²) in [6.45, 7) is 2.22. The molecule has 1 N–H and O–H groups in total. The molecule has 0 bridgehead atoms. The lowest BCUT2D eigenvalue weighted by Crippen LogP contribution is -2.38. The molecule has 2 aromatic rings. The van der Waals surface area contributed by atoms with Gasteiger partial charge in [-0.2, -0.15) is 13.2 Å². The number of amides is 2. The van der Waals surface area contributed by atoms with Crippen LogP contribution in [0, 0.1) is 0 Å². The zero-order valence-corrected chi connectivity index (χ0v) is 17.4. The van der Waals surface area contributed by atoms with Crippen molar-refractivity contribution >= 4 is 34.8 Å². The van der Waals surface area contributed by atoms with E-state index in [-0.39, 0.29) is 11.6 Å². The van der Waals surface area contributed by atoms with Gasteiger partial charge in [0.05, 0.1) is 16.3 Å². The molecule has 0 spiro atoms. The fourth-order valence-electron chi connectivity index (χ4n) is 3.06. The number of alkyl halides is 3. The summed E-state index contributed by atoms with van der Waals surface area (Å²) in [6.07, 6.45) is 1.26. The van der Waals surface area contributed by atoms with Crippen LogP contribution < -0.4 is 5.32 Å². The van der Waals surface area contributed by atoms with Crippen molar-refractivity contribution in [1.82, 2.24) is 14.9 Å². The molecule has 0 unspecified atom stereocenters. The van der Waals surface area contributed by atoms with E-state index in [1.54, 1.807) is 12.3 Å². The molecule has 3 heterocycles. The van der Waals surface area contributed by atoms with E-state index in [1.807, 2.05) is 6.08 Å². The molecule has 164 valence electrons. The number of carbonyl (C=O) groups excluding carboxylic acids is 2. The third-order valence-electron chi connectivity index (χ3n) is 4.79. The van der Waals surface area contributed by atoms with Crippen LogP contribution in [0.4, 0.5) is 23.8 Å². The molecule has 0 aliphatic carbocycles. The summed E-state index contributed by atoms with van der Waals surface area (Å²) >= 11 is 6.36. The predicted octanol–water partition coefficient (Wildman–Crippen LogP) is 4.99. The van der Waals surface area contributed by atoms with E-state index in [0.717, 1.165) is 23.3 Å². The standard InChI is InChI=1S/C21H20ClF3N4O2/c1-13(30)2-3-14-10-17(22)19(27-11-14)15-6-8-29(9-7-15)20(31)28-18-5-4-16(12-26-18)21(23,24)25/h4-6,10-12H,2-3,7-9H2,1H3,(H,26,28,31). The normalized spacial score (nSPS) is 14.2. The van der Waals surface area contributed by atoms with Crippen molar-refractivity contribution in [3.8, 4) is 0 Å². The van der Waals surface area contributed by atoms with E-state index in [0.29, 0.717) is 49.3 Å². The van der Waals surface area contributed by atoms with Gasteiger partial charge in [-0.15, -0.1) is 0 Å². The first kappa shape index (κ1) is 22.7. The lowest BCUT2D eigenvalue weighted by Gasteiger charge is -2.26. The third-order valence-corrected chi connectivity index (χ3v) is 5.08. The molecule has 10 heteroatoms. The Labute approximate surface area is 182 Å². The predicted molar refractivity (Wildman–Crippen MR) is 111 cm³/mol. The van der Waals surface area contributed by atoms with Crippen LogP contribution in [0.5, 0.6) is 0 Å². The second kappa shape index (κ2) is 9.47. The minimum Gasteiger partial charge on any atom is -0.320 e. The highest BCUT2D eigenvalue weighted by atomic mass is 35.5. The Bertz CT molecular complexity index is 1010. The summed E-state index contributed by atoms with van der Waals surface area (Å²) in [4.78, 5) is 33.1. The van der Waals surface area contributed by atoms with Crippen molar-refractivity contribution in [3.05, 3.63) is 58.5 Å². The maximum atomic E-state index is 12.6. The number of halogens is 4. The Kier molecular flexibility index (Phi) is 6.94. The molecule has 1 aliphatic heterocycles. The highest BCUT2D eigenvalue weighted by molar-refractivity contribution is 6.32. The largest absolute Gasteiger partial charge is 0.417 e. The van der Waals surface area contributed by atoms with Crippen molar-refractivity contribution in [2.45, 2.75) is 32.4 Å². The number of hydrogen-bond donors (Lipinski definition) is 1. The van der Waals surface area contributed by atoms with Crippen molar-refractivity contribution in [2.24, 2.45) is 0 Å². The number of anilines is 1. The monoisotopic (exact) mass is 452 g/mol. The van der Waals surface area contributed by atoms with Crippen molar-refractivity contribution in [1.29, 1.82) is 0 Å². The average Bonchev–Trinajstić information content (AvgIpc) is 2.72. The van der Waals surface area contributed by atoms with E-state index >= 15 is 0 Å². The molecule has 0 saturated carbocycles. The molecule has 6 nitrogen and oxygen atoms in total. The average molecular weight is 453 g/mol. The van der Waals surface area contributed by atoms with E-state index in [2.05, 4.69) is 15.3 Å². The maximum absolute atomic E-state index is 12.6. The first-order valence-electron chi connectivity index (χ1n) is 9.56. The Balaban J connectivity index is 1.60. The van der Waals surface area contributed by atoms with Crippen LogP contribution in [0.1, 0.15) is 36.6 Å². The van der Waals surface area contributed by atoms with Crippen LogP contribution in [0.2, 0.25) is 5.02 Å². The molecule has 0 atom stereocenters. The van der Waals surface area contributed by atoms with Gasteiger partial charge in [0.2, 0.25) is 0 Å². The summed E-state index contributed by atoms with van der Waals surface area (Å²) in [7, 11) is 0. The van der Waals surface area contributed by atoms with Gasteiger partial charge < -0.3 is 9.69 Å². The number of nitrogens with zero attached hydrogens (tertiary/aromatic N) is 3. The molecular formula is C21H20ClF3N4O2. The lowest BCUT2D eigenvalue weighted by atomic mass is 10.0. The molecule has 31 heavy (non-hydrogen) atoms.